The maximum absolute atomic E-state index is 10.4. The largest absolute Gasteiger partial charge is 0.480 e. The van der Waals surface area contributed by atoms with Crippen molar-refractivity contribution in [1.29, 1.82) is 0 Å². The fourth-order valence-electron chi connectivity index (χ4n) is 0.621. The highest BCUT2D eigenvalue weighted by Gasteiger charge is 2.18. The predicted octanol–water partition coefficient (Wildman–Crippen LogP) is 0.800. The van der Waals surface area contributed by atoms with Gasteiger partial charge in [-0.25, -0.2) is 0 Å². The van der Waals surface area contributed by atoms with Crippen LogP contribution in [0.4, 0.5) is 0 Å². The molecule has 0 saturated heterocycles. The first-order valence-corrected chi connectivity index (χ1v) is 3.41. The van der Waals surface area contributed by atoms with Gasteiger partial charge in [-0.3, -0.25) is 9.69 Å². The van der Waals surface area contributed by atoms with Crippen molar-refractivity contribution >= 4 is 5.97 Å². The van der Waals surface area contributed by atoms with Crippen LogP contribution in [0.1, 0.15) is 20.8 Å². The number of aliphatic carboxylic acids is 1. The van der Waals surface area contributed by atoms with Crippen molar-refractivity contribution in [1.82, 2.24) is 4.90 Å². The second-order valence-electron chi connectivity index (χ2n) is 2.77. The summed E-state index contributed by atoms with van der Waals surface area (Å²) in [5.74, 6) is -0.767. The Hall–Kier alpha value is -0.570. The molecule has 0 fully saturated rings. The summed E-state index contributed by atoms with van der Waals surface area (Å²) in [7, 11) is 1.81. The maximum Gasteiger partial charge on any atom is 0.320 e. The topological polar surface area (TPSA) is 40.5 Å². The van der Waals surface area contributed by atoms with Crippen LogP contribution in [-0.2, 0) is 4.79 Å². The van der Waals surface area contributed by atoms with Crippen LogP contribution in [0, 0.1) is 0 Å². The summed E-state index contributed by atoms with van der Waals surface area (Å²) in [6.07, 6.45) is 0. The van der Waals surface area contributed by atoms with E-state index >= 15 is 0 Å². The molecule has 60 valence electrons. The molecule has 0 bridgehead atoms. The Morgan fingerprint density at radius 2 is 1.80 bits per heavy atom. The van der Waals surface area contributed by atoms with Gasteiger partial charge in [0.1, 0.15) is 6.04 Å². The highest BCUT2D eigenvalue weighted by Crippen LogP contribution is 2.00. The van der Waals surface area contributed by atoms with E-state index in [9.17, 15) is 4.79 Å². The van der Waals surface area contributed by atoms with Gasteiger partial charge in [0.05, 0.1) is 0 Å². The van der Waals surface area contributed by atoms with E-state index in [4.69, 9.17) is 5.11 Å². The van der Waals surface area contributed by atoms with Crippen LogP contribution in [-0.4, -0.2) is 35.1 Å². The van der Waals surface area contributed by atoms with Gasteiger partial charge in [-0.1, -0.05) is 0 Å². The van der Waals surface area contributed by atoms with E-state index in [0.29, 0.717) is 0 Å². The molecule has 0 saturated carbocycles. The molecular weight excluding hydrogens is 130 g/mol. The number of rotatable bonds is 3. The minimum atomic E-state index is -0.767. The zero-order chi connectivity index (χ0) is 8.31. The molecule has 3 heteroatoms. The Kier molecular flexibility index (Phi) is 3.36. The molecule has 0 heterocycles. The summed E-state index contributed by atoms with van der Waals surface area (Å²) in [5, 5.41) is 8.56. The Bertz CT molecular complexity index is 123. The third kappa shape index (κ3) is 2.35. The second kappa shape index (κ2) is 3.56. The molecule has 0 unspecified atom stereocenters. The lowest BCUT2D eigenvalue weighted by atomic mass is 10.2. The molecule has 0 radical (unpaired) electrons. The highest BCUT2D eigenvalue weighted by atomic mass is 16.4. The average molecular weight is 145 g/mol. The normalized spacial score (nSPS) is 14.2. The summed E-state index contributed by atoms with van der Waals surface area (Å²) in [5.41, 5.74) is 0. The summed E-state index contributed by atoms with van der Waals surface area (Å²) in [6.45, 7) is 5.63. The Labute approximate surface area is 61.6 Å². The summed E-state index contributed by atoms with van der Waals surface area (Å²) in [4.78, 5) is 12.2. The number of likely N-dealkylation sites (N-methyl/N-ethyl adjacent to an activating group) is 1. The minimum absolute atomic E-state index is 0.283. The molecule has 0 aromatic carbocycles. The van der Waals surface area contributed by atoms with Crippen molar-refractivity contribution in [3.05, 3.63) is 0 Å². The van der Waals surface area contributed by atoms with Crippen LogP contribution in [0.3, 0.4) is 0 Å². The number of hydrogen-bond acceptors (Lipinski definition) is 2. The van der Waals surface area contributed by atoms with Crippen molar-refractivity contribution in [2.45, 2.75) is 32.9 Å². The molecule has 0 spiro atoms. The van der Waals surface area contributed by atoms with E-state index in [2.05, 4.69) is 0 Å². The molecule has 3 nitrogen and oxygen atoms in total. The number of carboxylic acids is 1. The molecule has 0 amide bonds. The van der Waals surface area contributed by atoms with Gasteiger partial charge in [-0.2, -0.15) is 0 Å². The molecule has 0 rings (SSSR count). The molecule has 0 aromatic rings. The smallest absolute Gasteiger partial charge is 0.320 e. The monoisotopic (exact) mass is 145 g/mol. The fourth-order valence-corrected chi connectivity index (χ4v) is 0.621. The van der Waals surface area contributed by atoms with Crippen LogP contribution < -0.4 is 0 Å². The molecule has 1 N–H and O–H groups in total. The molecule has 1 atom stereocenters. The first kappa shape index (κ1) is 9.43. The van der Waals surface area contributed by atoms with Gasteiger partial charge < -0.3 is 5.11 Å². The lowest BCUT2D eigenvalue weighted by Gasteiger charge is -2.24. The Morgan fingerprint density at radius 1 is 1.40 bits per heavy atom. The average Bonchev–Trinajstić information content (AvgIpc) is 1.84. The lowest BCUT2D eigenvalue weighted by Crippen LogP contribution is -2.40. The molecule has 0 aliphatic carbocycles. The quantitative estimate of drug-likeness (QED) is 0.638. The summed E-state index contributed by atoms with van der Waals surface area (Å²) >= 11 is 0. The minimum Gasteiger partial charge on any atom is -0.480 e. The maximum atomic E-state index is 10.4. The van der Waals surface area contributed by atoms with Gasteiger partial charge in [-0.15, -0.1) is 0 Å². The fraction of sp³-hybridized carbons (Fsp3) is 0.857. The number of carbonyl (C=O) groups is 1. The van der Waals surface area contributed by atoms with Crippen LogP contribution in [0.25, 0.3) is 0 Å². The molecular formula is C7H15NO2. The first-order chi connectivity index (χ1) is 4.46. The van der Waals surface area contributed by atoms with Crippen molar-refractivity contribution in [2.24, 2.45) is 0 Å². The zero-order valence-corrected chi connectivity index (χ0v) is 6.96. The number of hydrogen-bond donors (Lipinski definition) is 1. The van der Waals surface area contributed by atoms with Crippen molar-refractivity contribution in [3.8, 4) is 0 Å². The van der Waals surface area contributed by atoms with Gasteiger partial charge in [0.25, 0.3) is 0 Å². The predicted molar refractivity (Wildman–Crippen MR) is 40.0 cm³/mol. The van der Waals surface area contributed by atoms with Crippen LogP contribution in [0.2, 0.25) is 0 Å². The van der Waals surface area contributed by atoms with Crippen molar-refractivity contribution < 1.29 is 9.90 Å². The first-order valence-electron chi connectivity index (χ1n) is 3.41. The molecule has 0 aliphatic rings. The van der Waals surface area contributed by atoms with Gasteiger partial charge in [0.2, 0.25) is 0 Å². The van der Waals surface area contributed by atoms with Crippen LogP contribution in [0.5, 0.6) is 0 Å². The highest BCUT2D eigenvalue weighted by molar-refractivity contribution is 5.72. The van der Waals surface area contributed by atoms with E-state index in [1.54, 1.807) is 6.92 Å². The zero-order valence-electron chi connectivity index (χ0n) is 6.96. The third-order valence-electron chi connectivity index (χ3n) is 1.78. The summed E-state index contributed by atoms with van der Waals surface area (Å²) < 4.78 is 0. The van der Waals surface area contributed by atoms with E-state index in [1.807, 2.05) is 25.8 Å². The van der Waals surface area contributed by atoms with Gasteiger partial charge in [-0.05, 0) is 27.8 Å². The van der Waals surface area contributed by atoms with Gasteiger partial charge in [0, 0.05) is 6.04 Å². The van der Waals surface area contributed by atoms with Crippen molar-refractivity contribution in [2.75, 3.05) is 7.05 Å². The third-order valence-corrected chi connectivity index (χ3v) is 1.78. The number of nitrogens with zero attached hydrogens (tertiary/aromatic N) is 1. The molecule has 0 aliphatic heterocycles. The molecule has 10 heavy (non-hydrogen) atoms. The number of carboxylic acid groups (broad SMARTS) is 1. The molecule has 0 aromatic heterocycles. The lowest BCUT2D eigenvalue weighted by molar-refractivity contribution is -0.142. The SMILES string of the molecule is CC(C)N(C)[C@H](C)C(=O)O. The van der Waals surface area contributed by atoms with E-state index in [-0.39, 0.29) is 12.1 Å². The van der Waals surface area contributed by atoms with Gasteiger partial charge >= 0.3 is 5.97 Å². The van der Waals surface area contributed by atoms with E-state index in [1.165, 1.54) is 0 Å². The standard InChI is InChI=1S/C7H15NO2/c1-5(2)8(4)6(3)7(9)10/h5-6H,1-4H3,(H,9,10)/t6-/m1/s1. The Balaban J connectivity index is 3.94. The van der Waals surface area contributed by atoms with E-state index < -0.39 is 5.97 Å². The van der Waals surface area contributed by atoms with Crippen LogP contribution in [0.15, 0.2) is 0 Å². The second-order valence-corrected chi connectivity index (χ2v) is 2.77. The van der Waals surface area contributed by atoms with Crippen LogP contribution >= 0.6 is 0 Å². The van der Waals surface area contributed by atoms with E-state index in [0.717, 1.165) is 0 Å². The van der Waals surface area contributed by atoms with Gasteiger partial charge in [0.15, 0.2) is 0 Å². The summed E-state index contributed by atoms with van der Waals surface area (Å²) in [6, 6.07) is -0.105. The van der Waals surface area contributed by atoms with Crippen molar-refractivity contribution in [3.63, 3.8) is 0 Å². The Morgan fingerprint density at radius 3 is 1.90 bits per heavy atom.